The van der Waals surface area contributed by atoms with Gasteiger partial charge in [-0.05, 0) is 42.2 Å². The number of fused-ring (bicyclic) bond motifs is 3. The lowest BCUT2D eigenvalue weighted by atomic mass is 9.43. The summed E-state index contributed by atoms with van der Waals surface area (Å²) in [6.45, 7) is 4.93. The summed E-state index contributed by atoms with van der Waals surface area (Å²) < 4.78 is 21.3. The van der Waals surface area contributed by atoms with Crippen LogP contribution in [0, 0.1) is 28.6 Å². The van der Waals surface area contributed by atoms with Crippen LogP contribution in [0.2, 0.25) is 0 Å². The van der Waals surface area contributed by atoms with Crippen LogP contribution in [-0.4, -0.2) is 48.1 Å². The Morgan fingerprint density at radius 3 is 2.58 bits per heavy atom. The van der Waals surface area contributed by atoms with Gasteiger partial charge >= 0.3 is 17.9 Å². The molecule has 2 saturated carbocycles. The summed E-state index contributed by atoms with van der Waals surface area (Å²) in [6.07, 6.45) is -0.700. The van der Waals surface area contributed by atoms with Crippen LogP contribution >= 0.6 is 0 Å². The Labute approximate surface area is 191 Å². The quantitative estimate of drug-likeness (QED) is 0.529. The van der Waals surface area contributed by atoms with Gasteiger partial charge in [-0.2, -0.15) is 0 Å². The maximum Gasteiger partial charge on any atom is 0.309 e. The highest BCUT2D eigenvalue weighted by Gasteiger charge is 2.68. The number of aliphatic hydroxyl groups excluding tert-OH is 1. The Bertz CT molecular complexity index is 953. The average Bonchev–Trinajstić information content (AvgIpc) is 3.28. The van der Waals surface area contributed by atoms with Gasteiger partial charge in [0, 0.05) is 19.3 Å². The molecule has 0 amide bonds. The molecule has 180 valence electrons. The fourth-order valence-corrected chi connectivity index (χ4v) is 6.68. The number of methoxy groups -OCH3 is 1. The molecule has 3 fully saturated rings. The molecule has 2 heterocycles. The second kappa shape index (κ2) is 8.27. The molecule has 1 N–H and O–H groups in total. The molecule has 3 aliphatic rings. The van der Waals surface area contributed by atoms with Gasteiger partial charge in [0.25, 0.3) is 0 Å². The first kappa shape index (κ1) is 23.5. The van der Waals surface area contributed by atoms with E-state index in [9.17, 15) is 24.3 Å². The van der Waals surface area contributed by atoms with E-state index < -0.39 is 64.8 Å². The highest BCUT2D eigenvalue weighted by atomic mass is 16.6. The van der Waals surface area contributed by atoms with Crippen molar-refractivity contribution in [2.75, 3.05) is 7.11 Å². The molecule has 9 heteroatoms. The van der Waals surface area contributed by atoms with Gasteiger partial charge in [-0.25, -0.2) is 0 Å². The van der Waals surface area contributed by atoms with Gasteiger partial charge < -0.3 is 23.7 Å². The van der Waals surface area contributed by atoms with E-state index in [0.29, 0.717) is 12.8 Å². The summed E-state index contributed by atoms with van der Waals surface area (Å²) >= 11 is 0. The summed E-state index contributed by atoms with van der Waals surface area (Å²) in [5, 5.41) is 10.8. The van der Waals surface area contributed by atoms with Crippen molar-refractivity contribution >= 4 is 23.7 Å². The number of carbonyl (C=O) groups excluding carboxylic acids is 4. The lowest BCUT2D eigenvalue weighted by Crippen LogP contribution is -2.65. The van der Waals surface area contributed by atoms with Crippen LogP contribution in [-0.2, 0) is 33.4 Å². The van der Waals surface area contributed by atoms with E-state index in [0.717, 1.165) is 0 Å². The molecule has 1 aliphatic heterocycles. The largest absolute Gasteiger partial charge is 0.469 e. The molecule has 0 bridgehead atoms. The van der Waals surface area contributed by atoms with Crippen molar-refractivity contribution in [3.8, 4) is 0 Å². The SMILES string of the molecule is COC(=O)[C@@H]1C[C@H](OC(C)=O)C(=O)[C@H]2[C@@]1(C)CC[C@H]1C(=O)O[C@@H]([C@@H](O)c3ccco3)C[C@]21C. The monoisotopic (exact) mass is 462 g/mol. The molecule has 2 aliphatic carbocycles. The summed E-state index contributed by atoms with van der Waals surface area (Å²) in [5.74, 6) is -3.67. The molecule has 1 saturated heterocycles. The molecule has 0 aromatic carbocycles. The number of esters is 3. The van der Waals surface area contributed by atoms with E-state index in [-0.39, 0.29) is 24.4 Å². The van der Waals surface area contributed by atoms with Crippen LogP contribution in [0.4, 0.5) is 0 Å². The molecular formula is C24H30O9. The van der Waals surface area contributed by atoms with E-state index in [2.05, 4.69) is 0 Å². The lowest BCUT2D eigenvalue weighted by molar-refractivity contribution is -0.216. The summed E-state index contributed by atoms with van der Waals surface area (Å²) in [5.41, 5.74) is -1.73. The first-order valence-electron chi connectivity index (χ1n) is 11.2. The fraction of sp³-hybridized carbons (Fsp3) is 0.667. The van der Waals surface area contributed by atoms with Crippen molar-refractivity contribution in [3.63, 3.8) is 0 Å². The number of Topliss-reactive ketones (excluding diaryl/α,β-unsaturated/α-hetero) is 1. The number of cyclic esters (lactones) is 1. The van der Waals surface area contributed by atoms with Crippen molar-refractivity contribution in [3.05, 3.63) is 24.2 Å². The van der Waals surface area contributed by atoms with Crippen LogP contribution < -0.4 is 0 Å². The molecule has 1 aromatic heterocycles. The normalized spacial score (nSPS) is 39.0. The zero-order valence-corrected chi connectivity index (χ0v) is 19.2. The van der Waals surface area contributed by atoms with E-state index in [1.165, 1.54) is 20.3 Å². The Morgan fingerprint density at radius 1 is 1.24 bits per heavy atom. The average molecular weight is 462 g/mol. The van der Waals surface area contributed by atoms with Crippen LogP contribution in [0.5, 0.6) is 0 Å². The second-order valence-electron chi connectivity index (χ2n) is 9.99. The number of ketones is 1. The molecule has 33 heavy (non-hydrogen) atoms. The number of hydrogen-bond acceptors (Lipinski definition) is 9. The van der Waals surface area contributed by atoms with Gasteiger partial charge in [0.2, 0.25) is 0 Å². The zero-order valence-electron chi connectivity index (χ0n) is 19.2. The molecule has 4 rings (SSSR count). The number of furan rings is 1. The van der Waals surface area contributed by atoms with Crippen LogP contribution in [0.15, 0.2) is 22.8 Å². The minimum absolute atomic E-state index is 0.0434. The van der Waals surface area contributed by atoms with E-state index in [1.54, 1.807) is 12.1 Å². The van der Waals surface area contributed by atoms with Crippen molar-refractivity contribution in [1.82, 2.24) is 0 Å². The molecule has 1 aromatic rings. The smallest absolute Gasteiger partial charge is 0.309 e. The third-order valence-corrected chi connectivity index (χ3v) is 8.11. The number of ether oxygens (including phenoxy) is 3. The van der Waals surface area contributed by atoms with Crippen molar-refractivity contribution in [2.45, 2.75) is 64.8 Å². The Morgan fingerprint density at radius 2 is 1.97 bits per heavy atom. The molecule has 0 radical (unpaired) electrons. The third kappa shape index (κ3) is 3.66. The Balaban J connectivity index is 1.76. The maximum atomic E-state index is 13.8. The number of aliphatic hydroxyl groups is 1. The van der Waals surface area contributed by atoms with E-state index in [4.69, 9.17) is 18.6 Å². The Hall–Kier alpha value is -2.68. The Kier molecular flexibility index (Phi) is 5.88. The zero-order chi connectivity index (χ0) is 24.1. The van der Waals surface area contributed by atoms with Crippen LogP contribution in [0.3, 0.4) is 0 Å². The molecule has 8 atom stereocenters. The van der Waals surface area contributed by atoms with E-state index >= 15 is 0 Å². The van der Waals surface area contributed by atoms with Gasteiger partial charge in [-0.3, -0.25) is 19.2 Å². The topological polar surface area (TPSA) is 129 Å². The minimum Gasteiger partial charge on any atom is -0.469 e. The molecule has 9 nitrogen and oxygen atoms in total. The van der Waals surface area contributed by atoms with Gasteiger partial charge in [0.15, 0.2) is 11.9 Å². The number of hydrogen-bond donors (Lipinski definition) is 1. The molecule has 0 spiro atoms. The summed E-state index contributed by atoms with van der Waals surface area (Å²) in [6, 6.07) is 3.22. The maximum absolute atomic E-state index is 13.8. The predicted octanol–water partition coefficient (Wildman–Crippen LogP) is 2.36. The fourth-order valence-electron chi connectivity index (χ4n) is 6.68. The van der Waals surface area contributed by atoms with Crippen molar-refractivity contribution < 1.29 is 42.9 Å². The standard InChI is InChI=1S/C24H30O9/c1-12(25)32-16-10-14(21(28)30-4)23(2)8-7-13-22(29)33-17(18(26)15-6-5-9-31-15)11-24(13,3)20(23)19(16)27/h5-6,9,13-14,16-18,20,26H,7-8,10-11H2,1-4H3/t13-,14-,16-,17+,18-,20-,23-,24-/m0/s1. The van der Waals surface area contributed by atoms with Crippen molar-refractivity contribution in [1.29, 1.82) is 0 Å². The second-order valence-corrected chi connectivity index (χ2v) is 9.99. The molecular weight excluding hydrogens is 432 g/mol. The van der Waals surface area contributed by atoms with Gasteiger partial charge in [-0.15, -0.1) is 0 Å². The van der Waals surface area contributed by atoms with Gasteiger partial charge in [0.1, 0.15) is 18.0 Å². The van der Waals surface area contributed by atoms with Gasteiger partial charge in [-0.1, -0.05) is 13.8 Å². The van der Waals surface area contributed by atoms with Gasteiger partial charge in [0.05, 0.1) is 25.2 Å². The number of carbonyl (C=O) groups is 4. The van der Waals surface area contributed by atoms with E-state index in [1.807, 2.05) is 13.8 Å². The molecule has 0 unspecified atom stereocenters. The summed E-state index contributed by atoms with van der Waals surface area (Å²) in [7, 11) is 1.29. The third-order valence-electron chi connectivity index (χ3n) is 8.11. The first-order valence-corrected chi connectivity index (χ1v) is 11.2. The van der Waals surface area contributed by atoms with Crippen molar-refractivity contribution in [2.24, 2.45) is 28.6 Å². The highest BCUT2D eigenvalue weighted by molar-refractivity contribution is 5.93. The first-order chi connectivity index (χ1) is 15.5. The number of rotatable bonds is 4. The highest BCUT2D eigenvalue weighted by Crippen LogP contribution is 2.64. The summed E-state index contributed by atoms with van der Waals surface area (Å²) in [4.78, 5) is 51.4. The lowest BCUT2D eigenvalue weighted by Gasteiger charge is -2.61. The predicted molar refractivity (Wildman–Crippen MR) is 111 cm³/mol. The van der Waals surface area contributed by atoms with Crippen LogP contribution in [0.1, 0.15) is 58.3 Å². The minimum atomic E-state index is -1.20. The van der Waals surface area contributed by atoms with Crippen LogP contribution in [0.25, 0.3) is 0 Å².